The number of rotatable bonds is 8. The van der Waals surface area contributed by atoms with Crippen molar-refractivity contribution in [3.8, 4) is 0 Å². The van der Waals surface area contributed by atoms with Crippen molar-refractivity contribution in [2.24, 2.45) is 0 Å². The zero-order chi connectivity index (χ0) is 28.9. The number of nitrogens with one attached hydrogen (secondary N) is 2. The van der Waals surface area contributed by atoms with Gasteiger partial charge in [-0.1, -0.05) is 53.5 Å². The largest absolute Gasteiger partial charge is 0.465 e. The van der Waals surface area contributed by atoms with Crippen LogP contribution < -0.4 is 15.5 Å². The van der Waals surface area contributed by atoms with Crippen molar-refractivity contribution in [1.82, 2.24) is 5.32 Å². The number of thioether (sulfide) groups is 1. The van der Waals surface area contributed by atoms with Crippen LogP contribution in [0, 0.1) is 0 Å². The fourth-order valence-corrected chi connectivity index (χ4v) is 5.78. The van der Waals surface area contributed by atoms with Gasteiger partial charge >= 0.3 is 0 Å². The van der Waals surface area contributed by atoms with E-state index in [1.165, 1.54) is 24.1 Å². The fraction of sp³-hybridized carbons (Fsp3) is 0.0667. The average molecular weight is 606 g/mol. The zero-order valence-corrected chi connectivity index (χ0v) is 23.5. The van der Waals surface area contributed by atoms with E-state index in [1.807, 2.05) is 0 Å². The summed E-state index contributed by atoms with van der Waals surface area (Å²) in [5.41, 5.74) is 0.938. The van der Waals surface area contributed by atoms with Crippen molar-refractivity contribution in [2.75, 3.05) is 10.2 Å². The third-order valence-corrected chi connectivity index (χ3v) is 7.78. The minimum Gasteiger partial charge on any atom is -0.465 e. The average Bonchev–Trinajstić information content (AvgIpc) is 3.57. The molecule has 11 heteroatoms. The molecule has 4 amide bonds. The number of benzene rings is 3. The molecule has 41 heavy (non-hydrogen) atoms. The van der Waals surface area contributed by atoms with E-state index in [0.29, 0.717) is 21.9 Å². The van der Waals surface area contributed by atoms with E-state index in [2.05, 4.69) is 10.6 Å². The zero-order valence-electron chi connectivity index (χ0n) is 21.2. The van der Waals surface area contributed by atoms with Gasteiger partial charge in [0.1, 0.15) is 11.5 Å². The van der Waals surface area contributed by atoms with Crippen molar-refractivity contribution < 1.29 is 23.6 Å². The Labute approximate surface area is 249 Å². The highest BCUT2D eigenvalue weighted by molar-refractivity contribution is 8.00. The summed E-state index contributed by atoms with van der Waals surface area (Å²) < 4.78 is 5.33. The van der Waals surface area contributed by atoms with Gasteiger partial charge in [0.25, 0.3) is 11.8 Å². The second-order valence-electron chi connectivity index (χ2n) is 8.82. The third-order valence-electron chi connectivity index (χ3n) is 6.00. The maximum Gasteiger partial charge on any atom is 0.272 e. The van der Waals surface area contributed by atoms with E-state index >= 15 is 0 Å². The molecule has 0 radical (unpaired) electrons. The Morgan fingerprint density at radius 3 is 2.37 bits per heavy atom. The SMILES string of the molecule is O=C(Nc1cccc(SC2CC(=O)N(c3c(Cl)cccc3Cl)C2=O)c1)/C(=C/c1ccco1)NC(=O)c1ccccc1. The molecule has 0 saturated carbocycles. The molecule has 3 aromatic carbocycles. The lowest BCUT2D eigenvalue weighted by Crippen LogP contribution is -2.31. The number of anilines is 2. The lowest BCUT2D eigenvalue weighted by atomic mass is 10.2. The normalized spacial score (nSPS) is 15.2. The second-order valence-corrected chi connectivity index (χ2v) is 10.9. The van der Waals surface area contributed by atoms with Crippen LogP contribution in [0.25, 0.3) is 6.08 Å². The smallest absolute Gasteiger partial charge is 0.272 e. The van der Waals surface area contributed by atoms with E-state index in [0.717, 1.165) is 4.90 Å². The third kappa shape index (κ3) is 6.54. The van der Waals surface area contributed by atoms with Crippen molar-refractivity contribution in [2.45, 2.75) is 16.6 Å². The highest BCUT2D eigenvalue weighted by Crippen LogP contribution is 2.40. The van der Waals surface area contributed by atoms with Gasteiger partial charge in [-0.3, -0.25) is 19.2 Å². The summed E-state index contributed by atoms with van der Waals surface area (Å²) in [4.78, 5) is 53.6. The monoisotopic (exact) mass is 605 g/mol. The van der Waals surface area contributed by atoms with Gasteiger partial charge in [0.15, 0.2) is 0 Å². The molecule has 2 N–H and O–H groups in total. The van der Waals surface area contributed by atoms with E-state index in [1.54, 1.807) is 84.9 Å². The van der Waals surface area contributed by atoms with Gasteiger partial charge in [0, 0.05) is 28.6 Å². The number of furan rings is 1. The first-order valence-corrected chi connectivity index (χ1v) is 13.9. The van der Waals surface area contributed by atoms with Gasteiger partial charge in [0.2, 0.25) is 11.8 Å². The number of carbonyl (C=O) groups excluding carboxylic acids is 4. The number of carbonyl (C=O) groups is 4. The van der Waals surface area contributed by atoms with Gasteiger partial charge < -0.3 is 15.1 Å². The molecule has 0 spiro atoms. The summed E-state index contributed by atoms with van der Waals surface area (Å²) in [6, 6.07) is 23.4. The number of para-hydroxylation sites is 1. The Bertz CT molecular complexity index is 1640. The molecule has 4 aromatic rings. The Morgan fingerprint density at radius 2 is 1.66 bits per heavy atom. The van der Waals surface area contributed by atoms with E-state index in [4.69, 9.17) is 27.6 Å². The van der Waals surface area contributed by atoms with Crippen LogP contribution in [0.15, 0.2) is 106 Å². The molecule has 1 unspecified atom stereocenters. The summed E-state index contributed by atoms with van der Waals surface area (Å²) in [5, 5.41) is 5.11. The van der Waals surface area contributed by atoms with Crippen LogP contribution in [0.3, 0.4) is 0 Å². The fourth-order valence-electron chi connectivity index (χ4n) is 4.10. The molecule has 1 saturated heterocycles. The molecule has 1 aliphatic heterocycles. The van der Waals surface area contributed by atoms with Crippen LogP contribution in [0.5, 0.6) is 0 Å². The predicted octanol–water partition coefficient (Wildman–Crippen LogP) is 6.42. The quantitative estimate of drug-likeness (QED) is 0.177. The number of hydrogen-bond acceptors (Lipinski definition) is 6. The van der Waals surface area contributed by atoms with Crippen molar-refractivity contribution >= 4 is 76.0 Å². The first-order chi connectivity index (χ1) is 19.8. The van der Waals surface area contributed by atoms with Crippen LogP contribution in [0.2, 0.25) is 10.0 Å². The first kappa shape index (κ1) is 28.2. The van der Waals surface area contributed by atoms with Crippen LogP contribution in [0.1, 0.15) is 22.5 Å². The predicted molar refractivity (Wildman–Crippen MR) is 159 cm³/mol. The highest BCUT2D eigenvalue weighted by Gasteiger charge is 2.41. The molecule has 1 fully saturated rings. The number of amides is 4. The molecule has 0 aliphatic carbocycles. The molecule has 8 nitrogen and oxygen atoms in total. The minimum atomic E-state index is -0.708. The lowest BCUT2D eigenvalue weighted by molar-refractivity contribution is -0.121. The summed E-state index contributed by atoms with van der Waals surface area (Å²) in [6.45, 7) is 0. The molecular formula is C30H21Cl2N3O5S. The minimum absolute atomic E-state index is 0.0318. The molecule has 5 rings (SSSR count). The van der Waals surface area contributed by atoms with Crippen molar-refractivity contribution in [3.63, 3.8) is 0 Å². The van der Waals surface area contributed by atoms with Gasteiger partial charge in [-0.05, 0) is 54.6 Å². The Kier molecular flexibility index (Phi) is 8.58. The molecule has 206 valence electrons. The van der Waals surface area contributed by atoms with E-state index in [9.17, 15) is 19.2 Å². The van der Waals surface area contributed by atoms with Crippen LogP contribution in [-0.4, -0.2) is 28.9 Å². The topological polar surface area (TPSA) is 109 Å². The lowest BCUT2D eigenvalue weighted by Gasteiger charge is -2.18. The maximum absolute atomic E-state index is 13.2. The molecule has 1 atom stereocenters. The summed E-state index contributed by atoms with van der Waals surface area (Å²) in [6.07, 6.45) is 2.84. The Morgan fingerprint density at radius 1 is 0.927 bits per heavy atom. The first-order valence-electron chi connectivity index (χ1n) is 12.3. The van der Waals surface area contributed by atoms with Gasteiger partial charge in [0.05, 0.1) is 27.2 Å². The standard InChI is InChI=1S/C30H21Cl2N3O5S/c31-22-12-5-13-23(32)27(22)35-26(36)17-25(30(35)39)41-21-11-4-9-19(15-21)33-29(38)24(16-20-10-6-14-40-20)34-28(37)18-7-2-1-3-8-18/h1-16,25H,17H2,(H,33,38)(H,34,37)/b24-16-. The van der Waals surface area contributed by atoms with Crippen LogP contribution >= 0.6 is 35.0 Å². The second kappa shape index (κ2) is 12.5. The Hall–Kier alpha value is -4.31. The Balaban J connectivity index is 1.31. The summed E-state index contributed by atoms with van der Waals surface area (Å²) in [5.74, 6) is -1.51. The van der Waals surface area contributed by atoms with E-state index in [-0.39, 0.29) is 27.9 Å². The van der Waals surface area contributed by atoms with E-state index < -0.39 is 28.9 Å². The van der Waals surface area contributed by atoms with Gasteiger partial charge in [-0.2, -0.15) is 0 Å². The van der Waals surface area contributed by atoms with Crippen LogP contribution in [0.4, 0.5) is 11.4 Å². The number of hydrogen-bond donors (Lipinski definition) is 2. The van der Waals surface area contributed by atoms with Gasteiger partial charge in [-0.15, -0.1) is 11.8 Å². The molecule has 1 aliphatic rings. The maximum atomic E-state index is 13.2. The molecular weight excluding hydrogens is 585 g/mol. The highest BCUT2D eigenvalue weighted by atomic mass is 35.5. The molecule has 0 bridgehead atoms. The number of halogens is 2. The van der Waals surface area contributed by atoms with Crippen LogP contribution in [-0.2, 0) is 14.4 Å². The van der Waals surface area contributed by atoms with Crippen molar-refractivity contribution in [3.05, 3.63) is 118 Å². The number of nitrogens with zero attached hydrogens (tertiary/aromatic N) is 1. The number of imide groups is 1. The van der Waals surface area contributed by atoms with Gasteiger partial charge in [-0.25, -0.2) is 4.90 Å². The molecule has 1 aromatic heterocycles. The summed E-state index contributed by atoms with van der Waals surface area (Å²) in [7, 11) is 0. The van der Waals surface area contributed by atoms with Crippen molar-refractivity contribution in [1.29, 1.82) is 0 Å². The summed E-state index contributed by atoms with van der Waals surface area (Å²) >= 11 is 13.7. The molecule has 2 heterocycles.